The van der Waals surface area contributed by atoms with Gasteiger partial charge in [0.1, 0.15) is 5.75 Å². The van der Waals surface area contributed by atoms with Crippen molar-refractivity contribution in [3.05, 3.63) is 29.8 Å². The van der Waals surface area contributed by atoms with Gasteiger partial charge in [-0.05, 0) is 19.0 Å². The molecule has 1 aliphatic rings. The van der Waals surface area contributed by atoms with E-state index in [0.29, 0.717) is 0 Å². The zero-order valence-corrected chi connectivity index (χ0v) is 11.3. The van der Waals surface area contributed by atoms with Gasteiger partial charge in [-0.25, -0.2) is 0 Å². The molecule has 1 heterocycles. The van der Waals surface area contributed by atoms with E-state index in [1.807, 2.05) is 24.3 Å². The molecule has 1 aliphatic heterocycles. The van der Waals surface area contributed by atoms with Crippen LogP contribution in [-0.4, -0.2) is 26.7 Å². The number of carbonyl (C=O) groups is 1. The van der Waals surface area contributed by atoms with Crippen LogP contribution in [0.2, 0.25) is 0 Å². The number of rotatable bonds is 3. The molecule has 0 bridgehead atoms. The Balaban J connectivity index is 0.00000162. The van der Waals surface area contributed by atoms with Crippen LogP contribution in [0, 0.1) is 5.92 Å². The SMILES string of the molecule is COC(=O)C1CCN[C@@H]1c1ccccc1OC.Cl. The van der Waals surface area contributed by atoms with Crippen molar-refractivity contribution in [2.24, 2.45) is 5.92 Å². The lowest BCUT2D eigenvalue weighted by Crippen LogP contribution is -2.24. The van der Waals surface area contributed by atoms with Gasteiger partial charge in [-0.3, -0.25) is 4.79 Å². The summed E-state index contributed by atoms with van der Waals surface area (Å²) in [6.07, 6.45) is 0.801. The number of halogens is 1. The molecule has 0 spiro atoms. The normalized spacial score (nSPS) is 22.1. The summed E-state index contributed by atoms with van der Waals surface area (Å²) in [5, 5.41) is 3.33. The molecule has 2 atom stereocenters. The van der Waals surface area contributed by atoms with E-state index in [9.17, 15) is 4.79 Å². The van der Waals surface area contributed by atoms with Crippen molar-refractivity contribution in [2.45, 2.75) is 12.5 Å². The number of para-hydroxylation sites is 1. The van der Waals surface area contributed by atoms with Gasteiger partial charge >= 0.3 is 5.97 Å². The summed E-state index contributed by atoms with van der Waals surface area (Å²) in [6.45, 7) is 0.822. The molecule has 4 nitrogen and oxygen atoms in total. The minimum atomic E-state index is -0.161. The second-order valence-electron chi connectivity index (χ2n) is 4.09. The number of methoxy groups -OCH3 is 2. The number of esters is 1. The Bertz CT molecular complexity index is 411. The van der Waals surface area contributed by atoms with Crippen molar-refractivity contribution in [3.8, 4) is 5.75 Å². The lowest BCUT2D eigenvalue weighted by atomic mass is 9.93. The third kappa shape index (κ3) is 2.76. The first-order valence-electron chi connectivity index (χ1n) is 5.72. The van der Waals surface area contributed by atoms with E-state index in [4.69, 9.17) is 9.47 Å². The average molecular weight is 272 g/mol. The molecule has 100 valence electrons. The molecule has 1 aromatic rings. The van der Waals surface area contributed by atoms with Crippen molar-refractivity contribution in [3.63, 3.8) is 0 Å². The number of benzene rings is 1. The van der Waals surface area contributed by atoms with Crippen LogP contribution in [-0.2, 0) is 9.53 Å². The van der Waals surface area contributed by atoms with E-state index in [1.165, 1.54) is 7.11 Å². The predicted molar refractivity (Wildman–Crippen MR) is 71.1 cm³/mol. The first-order valence-corrected chi connectivity index (χ1v) is 5.72. The third-order valence-corrected chi connectivity index (χ3v) is 3.20. The smallest absolute Gasteiger partial charge is 0.310 e. The van der Waals surface area contributed by atoms with Crippen molar-refractivity contribution in [2.75, 3.05) is 20.8 Å². The summed E-state index contributed by atoms with van der Waals surface area (Å²) in [6, 6.07) is 7.75. The Labute approximate surface area is 113 Å². The van der Waals surface area contributed by atoms with Crippen LogP contribution in [0.5, 0.6) is 5.75 Å². The fourth-order valence-corrected chi connectivity index (χ4v) is 2.36. The molecular formula is C13H18ClNO3. The maximum absolute atomic E-state index is 11.7. The fourth-order valence-electron chi connectivity index (χ4n) is 2.36. The topological polar surface area (TPSA) is 47.6 Å². The first-order chi connectivity index (χ1) is 8.27. The monoisotopic (exact) mass is 271 g/mol. The standard InChI is InChI=1S/C13H17NO3.ClH/c1-16-11-6-4-3-5-9(11)12-10(7-8-14-12)13(15)17-2;/h3-6,10,12,14H,7-8H2,1-2H3;1H/t10?,12-;/m1./s1. The van der Waals surface area contributed by atoms with Gasteiger partial charge in [0, 0.05) is 11.6 Å². The third-order valence-electron chi connectivity index (χ3n) is 3.20. The number of carbonyl (C=O) groups excluding carboxylic acids is 1. The van der Waals surface area contributed by atoms with Gasteiger partial charge in [-0.1, -0.05) is 18.2 Å². The predicted octanol–water partition coefficient (Wildman–Crippen LogP) is 1.94. The van der Waals surface area contributed by atoms with Crippen molar-refractivity contribution < 1.29 is 14.3 Å². The Kier molecular flexibility index (Phi) is 5.44. The molecular weight excluding hydrogens is 254 g/mol. The summed E-state index contributed by atoms with van der Waals surface area (Å²) >= 11 is 0. The quantitative estimate of drug-likeness (QED) is 0.854. The van der Waals surface area contributed by atoms with E-state index in [0.717, 1.165) is 24.3 Å². The second-order valence-corrected chi connectivity index (χ2v) is 4.09. The van der Waals surface area contributed by atoms with E-state index in [1.54, 1.807) is 7.11 Å². The molecule has 1 saturated heterocycles. The highest BCUT2D eigenvalue weighted by molar-refractivity contribution is 5.85. The van der Waals surface area contributed by atoms with Crippen molar-refractivity contribution in [1.82, 2.24) is 5.32 Å². The van der Waals surface area contributed by atoms with E-state index in [-0.39, 0.29) is 30.3 Å². The largest absolute Gasteiger partial charge is 0.496 e. The summed E-state index contributed by atoms with van der Waals surface area (Å²) in [7, 11) is 3.07. The summed E-state index contributed by atoms with van der Waals surface area (Å²) in [5.41, 5.74) is 1.02. The molecule has 0 amide bonds. The number of hydrogen-bond acceptors (Lipinski definition) is 4. The Morgan fingerprint density at radius 1 is 1.33 bits per heavy atom. The molecule has 5 heteroatoms. The van der Waals surface area contributed by atoms with Gasteiger partial charge in [-0.2, -0.15) is 0 Å². The highest BCUT2D eigenvalue weighted by Gasteiger charge is 2.35. The molecule has 1 unspecified atom stereocenters. The molecule has 0 aliphatic carbocycles. The average Bonchev–Trinajstić information content (AvgIpc) is 2.86. The molecule has 0 radical (unpaired) electrons. The highest BCUT2D eigenvalue weighted by Crippen LogP contribution is 2.35. The summed E-state index contributed by atoms with van der Waals surface area (Å²) in [5.74, 6) is 0.517. The van der Waals surface area contributed by atoms with Gasteiger partial charge in [0.15, 0.2) is 0 Å². The molecule has 18 heavy (non-hydrogen) atoms. The molecule has 2 rings (SSSR count). The Morgan fingerprint density at radius 2 is 2.06 bits per heavy atom. The maximum atomic E-state index is 11.7. The molecule has 0 aromatic heterocycles. The van der Waals surface area contributed by atoms with Gasteiger partial charge in [0.25, 0.3) is 0 Å². The minimum absolute atomic E-state index is 0. The van der Waals surface area contributed by atoms with Crippen LogP contribution in [0.15, 0.2) is 24.3 Å². The van der Waals surface area contributed by atoms with E-state index >= 15 is 0 Å². The zero-order chi connectivity index (χ0) is 12.3. The molecule has 1 fully saturated rings. The second kappa shape index (κ2) is 6.61. The van der Waals surface area contributed by atoms with Crippen LogP contribution in [0.3, 0.4) is 0 Å². The number of ether oxygens (including phenoxy) is 2. The van der Waals surface area contributed by atoms with Gasteiger partial charge in [0.2, 0.25) is 0 Å². The lowest BCUT2D eigenvalue weighted by Gasteiger charge is -2.20. The first kappa shape index (κ1) is 14.8. The van der Waals surface area contributed by atoms with Gasteiger partial charge in [-0.15, -0.1) is 12.4 Å². The van der Waals surface area contributed by atoms with Crippen molar-refractivity contribution in [1.29, 1.82) is 0 Å². The molecule has 0 saturated carbocycles. The van der Waals surface area contributed by atoms with E-state index in [2.05, 4.69) is 5.32 Å². The molecule has 1 aromatic carbocycles. The van der Waals surface area contributed by atoms with Crippen LogP contribution in [0.25, 0.3) is 0 Å². The fraction of sp³-hybridized carbons (Fsp3) is 0.462. The van der Waals surface area contributed by atoms with Crippen LogP contribution < -0.4 is 10.1 Å². The van der Waals surface area contributed by atoms with Gasteiger partial charge < -0.3 is 14.8 Å². The van der Waals surface area contributed by atoms with Crippen LogP contribution in [0.4, 0.5) is 0 Å². The number of nitrogens with one attached hydrogen (secondary N) is 1. The highest BCUT2D eigenvalue weighted by atomic mass is 35.5. The van der Waals surface area contributed by atoms with E-state index < -0.39 is 0 Å². The Morgan fingerprint density at radius 3 is 2.72 bits per heavy atom. The van der Waals surface area contributed by atoms with Gasteiger partial charge in [0.05, 0.1) is 20.1 Å². The van der Waals surface area contributed by atoms with Crippen LogP contribution in [0.1, 0.15) is 18.0 Å². The zero-order valence-electron chi connectivity index (χ0n) is 10.5. The van der Waals surface area contributed by atoms with Crippen LogP contribution >= 0.6 is 12.4 Å². The maximum Gasteiger partial charge on any atom is 0.310 e. The minimum Gasteiger partial charge on any atom is -0.496 e. The lowest BCUT2D eigenvalue weighted by molar-refractivity contribution is -0.145. The molecule has 1 N–H and O–H groups in total. The Hall–Kier alpha value is -1.26. The number of hydrogen-bond donors (Lipinski definition) is 1. The van der Waals surface area contributed by atoms with Crippen molar-refractivity contribution >= 4 is 18.4 Å². The summed E-state index contributed by atoms with van der Waals surface area (Å²) < 4.78 is 10.2. The summed E-state index contributed by atoms with van der Waals surface area (Å²) in [4.78, 5) is 11.7.